The van der Waals surface area contributed by atoms with E-state index in [4.69, 9.17) is 5.73 Å². The summed E-state index contributed by atoms with van der Waals surface area (Å²) in [7, 11) is -3.34. The van der Waals surface area contributed by atoms with E-state index in [2.05, 4.69) is 15.0 Å². The van der Waals surface area contributed by atoms with Gasteiger partial charge >= 0.3 is 0 Å². The Hall–Kier alpha value is -1.60. The zero-order valence-electron chi connectivity index (χ0n) is 11.8. The summed E-state index contributed by atoms with van der Waals surface area (Å²) in [5, 5.41) is 2.90. The second-order valence-electron chi connectivity index (χ2n) is 4.69. The summed E-state index contributed by atoms with van der Waals surface area (Å²) in [5.74, 6) is 0.179. The molecule has 7 heteroatoms. The van der Waals surface area contributed by atoms with Crippen molar-refractivity contribution >= 4 is 16.0 Å². The molecular weight excluding hydrogens is 276 g/mol. The fourth-order valence-corrected chi connectivity index (χ4v) is 2.35. The van der Waals surface area contributed by atoms with Crippen molar-refractivity contribution in [2.45, 2.75) is 26.4 Å². The first-order chi connectivity index (χ1) is 9.39. The minimum absolute atomic E-state index is 0.0830. The topological polar surface area (TPSA) is 96.6 Å². The molecule has 0 bridgehead atoms. The van der Waals surface area contributed by atoms with Gasteiger partial charge < -0.3 is 11.1 Å². The van der Waals surface area contributed by atoms with Crippen LogP contribution >= 0.6 is 0 Å². The molecule has 0 atom stereocenters. The lowest BCUT2D eigenvalue weighted by Gasteiger charge is -2.09. The molecular formula is C13H22N4O2S. The number of nitrogens with one attached hydrogen (secondary N) is 2. The fourth-order valence-electron chi connectivity index (χ4n) is 1.49. The van der Waals surface area contributed by atoms with Gasteiger partial charge in [0, 0.05) is 12.6 Å². The Morgan fingerprint density at radius 2 is 1.95 bits per heavy atom. The standard InChI is InChI=1S/C13H22N4O2S/c1-11(2)17-13(14)15-8-9-20(18,19)16-10-12-6-4-3-5-7-12/h3-7,11,16H,8-10H2,1-2H3,(H3,14,15,17). The molecule has 112 valence electrons. The van der Waals surface area contributed by atoms with Crippen molar-refractivity contribution in [2.24, 2.45) is 10.7 Å². The van der Waals surface area contributed by atoms with E-state index in [1.54, 1.807) is 0 Å². The highest BCUT2D eigenvalue weighted by molar-refractivity contribution is 7.89. The molecule has 0 aromatic heterocycles. The molecule has 0 spiro atoms. The van der Waals surface area contributed by atoms with Gasteiger partial charge in [0.25, 0.3) is 0 Å². The van der Waals surface area contributed by atoms with Gasteiger partial charge in [0.05, 0.1) is 12.3 Å². The second kappa shape index (κ2) is 7.86. The molecule has 0 radical (unpaired) electrons. The van der Waals surface area contributed by atoms with Gasteiger partial charge in [-0.25, -0.2) is 13.1 Å². The molecule has 0 heterocycles. The predicted molar refractivity (Wildman–Crippen MR) is 81.8 cm³/mol. The average molecular weight is 298 g/mol. The molecule has 1 aromatic rings. The summed E-state index contributed by atoms with van der Waals surface area (Å²) in [6.45, 7) is 4.28. The number of sulfonamides is 1. The van der Waals surface area contributed by atoms with Crippen molar-refractivity contribution in [3.63, 3.8) is 0 Å². The smallest absolute Gasteiger partial charge is 0.213 e. The van der Waals surface area contributed by atoms with E-state index in [-0.39, 0.29) is 30.8 Å². The summed E-state index contributed by atoms with van der Waals surface area (Å²) in [6, 6.07) is 9.53. The van der Waals surface area contributed by atoms with Crippen LogP contribution in [-0.4, -0.2) is 32.7 Å². The van der Waals surface area contributed by atoms with E-state index in [1.807, 2.05) is 44.2 Å². The zero-order chi connectivity index (χ0) is 15.0. The Kier molecular flexibility index (Phi) is 6.47. The maximum Gasteiger partial charge on any atom is 0.213 e. The van der Waals surface area contributed by atoms with E-state index in [1.165, 1.54) is 0 Å². The molecule has 0 unspecified atom stereocenters. The first-order valence-electron chi connectivity index (χ1n) is 6.47. The zero-order valence-corrected chi connectivity index (χ0v) is 12.7. The Labute approximate surface area is 120 Å². The number of benzene rings is 1. The summed E-state index contributed by atoms with van der Waals surface area (Å²) >= 11 is 0. The average Bonchev–Trinajstić information content (AvgIpc) is 2.36. The highest BCUT2D eigenvalue weighted by Crippen LogP contribution is 1.98. The molecule has 1 rings (SSSR count). The molecule has 1 aromatic carbocycles. The lowest BCUT2D eigenvalue weighted by Crippen LogP contribution is -2.37. The van der Waals surface area contributed by atoms with E-state index in [0.717, 1.165) is 5.56 Å². The number of guanidine groups is 1. The number of rotatable bonds is 7. The third-order valence-corrected chi connectivity index (χ3v) is 3.72. The summed E-state index contributed by atoms with van der Waals surface area (Å²) < 4.78 is 26.1. The predicted octanol–water partition coefficient (Wildman–Crippen LogP) is 0.419. The van der Waals surface area contributed by atoms with Crippen LogP contribution in [0.25, 0.3) is 0 Å². The third-order valence-electron chi connectivity index (χ3n) is 2.42. The quantitative estimate of drug-likeness (QED) is 0.502. The minimum Gasteiger partial charge on any atom is -0.370 e. The van der Waals surface area contributed by atoms with Crippen LogP contribution in [0.2, 0.25) is 0 Å². The number of hydrogen-bond donors (Lipinski definition) is 3. The molecule has 0 saturated carbocycles. The van der Waals surface area contributed by atoms with E-state index in [9.17, 15) is 8.42 Å². The highest BCUT2D eigenvalue weighted by atomic mass is 32.2. The van der Waals surface area contributed by atoms with Crippen LogP contribution in [0, 0.1) is 0 Å². The molecule has 0 aliphatic carbocycles. The largest absolute Gasteiger partial charge is 0.370 e. The maximum atomic E-state index is 11.8. The molecule has 20 heavy (non-hydrogen) atoms. The monoisotopic (exact) mass is 298 g/mol. The van der Waals surface area contributed by atoms with Crippen molar-refractivity contribution in [1.82, 2.24) is 10.0 Å². The molecule has 0 fully saturated rings. The molecule has 0 aliphatic heterocycles. The van der Waals surface area contributed by atoms with Crippen LogP contribution < -0.4 is 15.8 Å². The maximum absolute atomic E-state index is 11.8. The SMILES string of the molecule is CC(C)NC(N)=NCCS(=O)(=O)NCc1ccccc1. The van der Waals surface area contributed by atoms with Gasteiger partial charge in [-0.05, 0) is 19.4 Å². The number of aliphatic imine (C=N–C) groups is 1. The van der Waals surface area contributed by atoms with Gasteiger partial charge in [0.15, 0.2) is 5.96 Å². The first kappa shape index (κ1) is 16.5. The molecule has 0 aliphatic rings. The van der Waals surface area contributed by atoms with Crippen molar-refractivity contribution in [3.8, 4) is 0 Å². The van der Waals surface area contributed by atoms with E-state index >= 15 is 0 Å². The van der Waals surface area contributed by atoms with Crippen LogP contribution in [0.3, 0.4) is 0 Å². The molecule has 0 saturated heterocycles. The van der Waals surface area contributed by atoms with Gasteiger partial charge in [0.2, 0.25) is 10.0 Å². The molecule has 6 nitrogen and oxygen atoms in total. The Balaban J connectivity index is 2.39. The number of nitrogens with zero attached hydrogens (tertiary/aromatic N) is 1. The van der Waals surface area contributed by atoms with Gasteiger partial charge in [-0.3, -0.25) is 4.99 Å². The minimum atomic E-state index is -3.34. The van der Waals surface area contributed by atoms with Crippen LogP contribution in [0.5, 0.6) is 0 Å². The van der Waals surface area contributed by atoms with Crippen molar-refractivity contribution in [1.29, 1.82) is 0 Å². The van der Waals surface area contributed by atoms with Crippen molar-refractivity contribution in [2.75, 3.05) is 12.3 Å². The molecule has 0 amide bonds. The van der Waals surface area contributed by atoms with Gasteiger partial charge in [0.1, 0.15) is 0 Å². The molecule has 4 N–H and O–H groups in total. The fraction of sp³-hybridized carbons (Fsp3) is 0.462. The third kappa shape index (κ3) is 7.10. The number of nitrogens with two attached hydrogens (primary N) is 1. The summed E-state index contributed by atoms with van der Waals surface area (Å²) in [6.07, 6.45) is 0. The van der Waals surface area contributed by atoms with Gasteiger partial charge in [-0.1, -0.05) is 30.3 Å². The second-order valence-corrected chi connectivity index (χ2v) is 6.62. The van der Waals surface area contributed by atoms with Crippen LogP contribution in [0.1, 0.15) is 19.4 Å². The normalized spacial score (nSPS) is 12.7. The highest BCUT2D eigenvalue weighted by Gasteiger charge is 2.09. The summed E-state index contributed by atoms with van der Waals surface area (Å²) in [5.41, 5.74) is 6.51. The van der Waals surface area contributed by atoms with Crippen molar-refractivity contribution < 1.29 is 8.42 Å². The van der Waals surface area contributed by atoms with Crippen LogP contribution in [0.15, 0.2) is 35.3 Å². The Morgan fingerprint density at radius 1 is 1.30 bits per heavy atom. The van der Waals surface area contributed by atoms with Crippen LogP contribution in [0.4, 0.5) is 0 Å². The van der Waals surface area contributed by atoms with Crippen LogP contribution in [-0.2, 0) is 16.6 Å². The first-order valence-corrected chi connectivity index (χ1v) is 8.12. The lowest BCUT2D eigenvalue weighted by molar-refractivity contribution is 0.581. The van der Waals surface area contributed by atoms with E-state index < -0.39 is 10.0 Å². The lowest BCUT2D eigenvalue weighted by atomic mass is 10.2. The van der Waals surface area contributed by atoms with Gasteiger partial charge in [-0.2, -0.15) is 0 Å². The Bertz CT molecular complexity index is 527. The van der Waals surface area contributed by atoms with E-state index in [0.29, 0.717) is 0 Å². The Morgan fingerprint density at radius 3 is 2.55 bits per heavy atom. The van der Waals surface area contributed by atoms with Gasteiger partial charge in [-0.15, -0.1) is 0 Å². The number of hydrogen-bond acceptors (Lipinski definition) is 3. The summed E-state index contributed by atoms with van der Waals surface area (Å²) in [4.78, 5) is 3.97. The van der Waals surface area contributed by atoms with Crippen molar-refractivity contribution in [3.05, 3.63) is 35.9 Å².